The first-order valence-electron chi connectivity index (χ1n) is 9.24. The molecule has 0 aliphatic carbocycles. The summed E-state index contributed by atoms with van der Waals surface area (Å²) in [5, 5.41) is 3.49. The number of fused-ring (bicyclic) bond motifs is 1. The van der Waals surface area contributed by atoms with Gasteiger partial charge in [0.2, 0.25) is 5.95 Å². The van der Waals surface area contributed by atoms with Crippen LogP contribution in [0.15, 0.2) is 24.3 Å². The first kappa shape index (κ1) is 16.5. The molecule has 1 aromatic heterocycles. The van der Waals surface area contributed by atoms with Crippen molar-refractivity contribution in [3.63, 3.8) is 0 Å². The number of aryl methyl sites for hydroxylation is 1. The summed E-state index contributed by atoms with van der Waals surface area (Å²) in [6, 6.07) is 9.00. The van der Waals surface area contributed by atoms with Crippen LogP contribution in [0.1, 0.15) is 23.7 Å². The highest BCUT2D eigenvalue weighted by atomic mass is 16.5. The molecule has 132 valence electrons. The van der Waals surface area contributed by atoms with Gasteiger partial charge in [-0.05, 0) is 26.8 Å². The van der Waals surface area contributed by atoms with Gasteiger partial charge in [0.15, 0.2) is 0 Å². The molecule has 1 atom stereocenters. The van der Waals surface area contributed by atoms with Gasteiger partial charge >= 0.3 is 0 Å². The van der Waals surface area contributed by atoms with Crippen molar-refractivity contribution in [2.45, 2.75) is 32.7 Å². The highest BCUT2D eigenvalue weighted by Crippen LogP contribution is 2.29. The van der Waals surface area contributed by atoms with E-state index >= 15 is 0 Å². The molecule has 5 heteroatoms. The van der Waals surface area contributed by atoms with Crippen molar-refractivity contribution in [2.75, 3.05) is 37.7 Å². The van der Waals surface area contributed by atoms with Crippen molar-refractivity contribution in [1.29, 1.82) is 0 Å². The second-order valence-electron chi connectivity index (χ2n) is 7.03. The van der Waals surface area contributed by atoms with E-state index < -0.39 is 0 Å². The first-order chi connectivity index (χ1) is 12.2. The van der Waals surface area contributed by atoms with Crippen molar-refractivity contribution in [3.8, 4) is 11.3 Å². The van der Waals surface area contributed by atoms with Gasteiger partial charge in [-0.15, -0.1) is 0 Å². The van der Waals surface area contributed by atoms with Crippen LogP contribution in [0.5, 0.6) is 0 Å². The number of benzene rings is 1. The average Bonchev–Trinajstić information content (AvgIpc) is 2.87. The van der Waals surface area contributed by atoms with E-state index in [2.05, 4.69) is 48.3 Å². The van der Waals surface area contributed by atoms with Gasteiger partial charge in [0.25, 0.3) is 0 Å². The molecule has 0 spiro atoms. The van der Waals surface area contributed by atoms with Gasteiger partial charge in [-0.25, -0.2) is 9.97 Å². The van der Waals surface area contributed by atoms with Gasteiger partial charge in [-0.1, -0.05) is 29.8 Å². The van der Waals surface area contributed by atoms with Crippen LogP contribution in [0, 0.1) is 6.92 Å². The lowest BCUT2D eigenvalue weighted by atomic mass is 10.0. The Hall–Kier alpha value is -1.98. The minimum Gasteiger partial charge on any atom is -0.377 e. The standard InChI is InChI=1S/C20H26N4O/c1-14-3-5-16(6-4-14)19-17-7-9-21-10-8-18(17)22-20(23-19)24-11-12-25-13-15(24)2/h3-6,15,21H,7-13H2,1-2H3. The van der Waals surface area contributed by atoms with Gasteiger partial charge in [0.05, 0.1) is 30.6 Å². The fourth-order valence-corrected chi connectivity index (χ4v) is 3.63. The maximum atomic E-state index is 5.59. The maximum Gasteiger partial charge on any atom is 0.226 e. The summed E-state index contributed by atoms with van der Waals surface area (Å²) in [6.45, 7) is 8.61. The first-order valence-corrected chi connectivity index (χ1v) is 9.24. The normalized spacial score (nSPS) is 20.9. The molecule has 3 heterocycles. The number of hydrogen-bond donors (Lipinski definition) is 1. The molecule has 0 amide bonds. The number of ether oxygens (including phenoxy) is 1. The molecule has 2 aliphatic heterocycles. The Morgan fingerprint density at radius 2 is 1.92 bits per heavy atom. The summed E-state index contributed by atoms with van der Waals surface area (Å²) in [7, 11) is 0. The number of anilines is 1. The Balaban J connectivity index is 1.82. The molecule has 4 rings (SSSR count). The third kappa shape index (κ3) is 3.39. The fraction of sp³-hybridized carbons (Fsp3) is 0.500. The van der Waals surface area contributed by atoms with Crippen molar-refractivity contribution >= 4 is 5.95 Å². The minimum absolute atomic E-state index is 0.307. The Morgan fingerprint density at radius 3 is 2.72 bits per heavy atom. The number of aromatic nitrogens is 2. The van der Waals surface area contributed by atoms with Gasteiger partial charge < -0.3 is 15.0 Å². The van der Waals surface area contributed by atoms with Crippen LogP contribution >= 0.6 is 0 Å². The van der Waals surface area contributed by atoms with Crippen LogP contribution in [-0.2, 0) is 17.6 Å². The fourth-order valence-electron chi connectivity index (χ4n) is 3.63. The Morgan fingerprint density at radius 1 is 1.12 bits per heavy atom. The van der Waals surface area contributed by atoms with Gasteiger partial charge in [0.1, 0.15) is 0 Å². The summed E-state index contributed by atoms with van der Waals surface area (Å²) in [5.41, 5.74) is 6.06. The molecule has 0 saturated carbocycles. The average molecular weight is 338 g/mol. The Bertz CT molecular complexity index is 744. The topological polar surface area (TPSA) is 50.3 Å². The molecule has 25 heavy (non-hydrogen) atoms. The van der Waals surface area contributed by atoms with Crippen molar-refractivity contribution in [1.82, 2.24) is 15.3 Å². The lowest BCUT2D eigenvalue weighted by Gasteiger charge is -2.34. The van der Waals surface area contributed by atoms with Crippen LogP contribution < -0.4 is 10.2 Å². The van der Waals surface area contributed by atoms with Crippen LogP contribution in [0.3, 0.4) is 0 Å². The zero-order valence-corrected chi connectivity index (χ0v) is 15.1. The lowest BCUT2D eigenvalue weighted by molar-refractivity contribution is 0.0980. The molecule has 5 nitrogen and oxygen atoms in total. The monoisotopic (exact) mass is 338 g/mol. The molecule has 1 fully saturated rings. The van der Waals surface area contributed by atoms with E-state index in [-0.39, 0.29) is 0 Å². The third-order valence-corrected chi connectivity index (χ3v) is 5.12. The molecule has 1 saturated heterocycles. The molecular weight excluding hydrogens is 312 g/mol. The molecule has 1 aromatic carbocycles. The molecule has 1 unspecified atom stereocenters. The van der Waals surface area contributed by atoms with Crippen LogP contribution in [-0.4, -0.2) is 48.9 Å². The Kier molecular flexibility index (Phi) is 4.68. The van der Waals surface area contributed by atoms with Crippen molar-refractivity contribution < 1.29 is 4.74 Å². The number of morpholine rings is 1. The van der Waals surface area contributed by atoms with Gasteiger partial charge in [-0.3, -0.25) is 0 Å². The van der Waals surface area contributed by atoms with E-state index in [4.69, 9.17) is 14.7 Å². The van der Waals surface area contributed by atoms with E-state index in [9.17, 15) is 0 Å². The molecular formula is C20H26N4O. The summed E-state index contributed by atoms with van der Waals surface area (Å²) in [4.78, 5) is 12.3. The van der Waals surface area contributed by atoms with E-state index in [1.807, 2.05) is 0 Å². The van der Waals surface area contributed by atoms with Gasteiger partial charge in [0, 0.05) is 30.6 Å². The molecule has 0 bridgehead atoms. The second kappa shape index (κ2) is 7.10. The highest BCUT2D eigenvalue weighted by molar-refractivity contribution is 5.66. The lowest BCUT2D eigenvalue weighted by Crippen LogP contribution is -2.44. The van der Waals surface area contributed by atoms with Gasteiger partial charge in [-0.2, -0.15) is 0 Å². The highest BCUT2D eigenvalue weighted by Gasteiger charge is 2.25. The molecule has 2 aromatic rings. The predicted octanol–water partition coefficient (Wildman–Crippen LogP) is 2.37. The smallest absolute Gasteiger partial charge is 0.226 e. The zero-order chi connectivity index (χ0) is 17.2. The number of nitrogens with one attached hydrogen (secondary N) is 1. The zero-order valence-electron chi connectivity index (χ0n) is 15.1. The summed E-state index contributed by atoms with van der Waals surface area (Å²) in [5.74, 6) is 0.854. The van der Waals surface area contributed by atoms with E-state index in [1.54, 1.807) is 0 Å². The quantitative estimate of drug-likeness (QED) is 0.911. The SMILES string of the molecule is Cc1ccc(-c2nc(N3CCOCC3C)nc3c2CCNCC3)cc1. The maximum absolute atomic E-state index is 5.59. The molecule has 0 radical (unpaired) electrons. The predicted molar refractivity (Wildman–Crippen MR) is 100 cm³/mol. The van der Waals surface area contributed by atoms with Crippen molar-refractivity contribution in [3.05, 3.63) is 41.1 Å². The largest absolute Gasteiger partial charge is 0.377 e. The second-order valence-corrected chi connectivity index (χ2v) is 7.03. The van der Waals surface area contributed by atoms with Crippen LogP contribution in [0.2, 0.25) is 0 Å². The third-order valence-electron chi connectivity index (χ3n) is 5.12. The number of nitrogens with zero attached hydrogens (tertiary/aromatic N) is 3. The Labute approximate surface area is 149 Å². The molecule has 2 aliphatic rings. The van der Waals surface area contributed by atoms with E-state index in [0.717, 1.165) is 57.3 Å². The molecule has 1 N–H and O–H groups in total. The summed E-state index contributed by atoms with van der Waals surface area (Å²) < 4.78 is 5.59. The van der Waals surface area contributed by atoms with Crippen LogP contribution in [0.25, 0.3) is 11.3 Å². The minimum atomic E-state index is 0.307. The van der Waals surface area contributed by atoms with Crippen LogP contribution in [0.4, 0.5) is 5.95 Å². The van der Waals surface area contributed by atoms with E-state index in [1.165, 1.54) is 22.4 Å². The number of hydrogen-bond acceptors (Lipinski definition) is 5. The summed E-state index contributed by atoms with van der Waals surface area (Å²) in [6.07, 6.45) is 1.94. The summed E-state index contributed by atoms with van der Waals surface area (Å²) >= 11 is 0. The number of rotatable bonds is 2. The van der Waals surface area contributed by atoms with E-state index in [0.29, 0.717) is 6.04 Å². The van der Waals surface area contributed by atoms with Crippen molar-refractivity contribution in [2.24, 2.45) is 0 Å².